The zero-order valence-electron chi connectivity index (χ0n) is 12.7. The summed E-state index contributed by atoms with van der Waals surface area (Å²) in [6, 6.07) is 3.02. The largest absolute Gasteiger partial charge is 0.364 e. The number of nitrogens with zero attached hydrogens (tertiary/aromatic N) is 4. The van der Waals surface area contributed by atoms with Crippen LogP contribution in [-0.4, -0.2) is 44.9 Å². The van der Waals surface area contributed by atoms with Crippen LogP contribution in [0.15, 0.2) is 22.9 Å². The highest BCUT2D eigenvalue weighted by atomic mass is 16.5. The van der Waals surface area contributed by atoms with Gasteiger partial charge in [0.15, 0.2) is 5.82 Å². The van der Waals surface area contributed by atoms with Gasteiger partial charge in [0.1, 0.15) is 5.69 Å². The van der Waals surface area contributed by atoms with Crippen molar-refractivity contribution in [1.82, 2.24) is 20.0 Å². The minimum atomic E-state index is -0.617. The van der Waals surface area contributed by atoms with Gasteiger partial charge >= 0.3 is 0 Å². The van der Waals surface area contributed by atoms with Crippen molar-refractivity contribution in [2.24, 2.45) is 5.73 Å². The molecule has 0 aliphatic carbocycles. The minimum Gasteiger partial charge on any atom is -0.364 e. The number of carbonyl (C=O) groups is 2. The molecule has 0 aromatic carbocycles. The van der Waals surface area contributed by atoms with E-state index in [1.807, 2.05) is 0 Å². The number of piperidine rings is 1. The molecule has 0 saturated carbocycles. The summed E-state index contributed by atoms with van der Waals surface area (Å²) in [7, 11) is 0. The number of likely N-dealkylation sites (tertiary alicyclic amines) is 1. The highest BCUT2D eigenvalue weighted by molar-refractivity contribution is 5.95. The van der Waals surface area contributed by atoms with Crippen molar-refractivity contribution < 1.29 is 14.1 Å². The lowest BCUT2D eigenvalue weighted by Gasteiger charge is -2.31. The van der Waals surface area contributed by atoms with Crippen LogP contribution >= 0.6 is 0 Å². The molecule has 0 radical (unpaired) electrons. The first-order valence-corrected chi connectivity index (χ1v) is 7.40. The monoisotopic (exact) mass is 315 g/mol. The molecular formula is C15H17N5O3. The van der Waals surface area contributed by atoms with Gasteiger partial charge in [-0.15, -0.1) is 0 Å². The molecule has 2 aromatic rings. The number of nitrogens with two attached hydrogens (primary N) is 1. The minimum absolute atomic E-state index is 0.0479. The Balaban J connectivity index is 1.72. The Hall–Kier alpha value is -2.77. The number of carbonyl (C=O) groups excluding carboxylic acids is 2. The summed E-state index contributed by atoms with van der Waals surface area (Å²) >= 11 is 0. The van der Waals surface area contributed by atoms with E-state index in [9.17, 15) is 9.59 Å². The molecular weight excluding hydrogens is 298 g/mol. The van der Waals surface area contributed by atoms with Gasteiger partial charge in [0, 0.05) is 19.3 Å². The Morgan fingerprint density at radius 1 is 1.39 bits per heavy atom. The van der Waals surface area contributed by atoms with Gasteiger partial charge < -0.3 is 15.2 Å². The summed E-state index contributed by atoms with van der Waals surface area (Å²) in [4.78, 5) is 33.5. The topological polar surface area (TPSA) is 115 Å². The molecule has 1 aliphatic rings. The molecule has 1 aliphatic heterocycles. The molecule has 0 unspecified atom stereocenters. The van der Waals surface area contributed by atoms with E-state index in [4.69, 9.17) is 10.3 Å². The standard InChI is InChI=1S/C15H17N5O3/c1-9-18-14(23-19-9)11-3-2-6-20(8-11)15(22)10-4-5-12(13(16)21)17-7-10/h4-5,7,11H,2-3,6,8H2,1H3,(H2,16,21)/t11-/m1/s1. The van der Waals surface area contributed by atoms with Gasteiger partial charge in [0.2, 0.25) is 5.89 Å². The van der Waals surface area contributed by atoms with Crippen LogP contribution in [0, 0.1) is 6.92 Å². The van der Waals surface area contributed by atoms with Crippen LogP contribution in [0.25, 0.3) is 0 Å². The predicted molar refractivity (Wildman–Crippen MR) is 79.7 cm³/mol. The Bertz CT molecular complexity index is 725. The second-order valence-electron chi connectivity index (χ2n) is 5.57. The van der Waals surface area contributed by atoms with Crippen LogP contribution in [-0.2, 0) is 0 Å². The fourth-order valence-electron chi connectivity index (χ4n) is 2.69. The number of amides is 2. The van der Waals surface area contributed by atoms with Crippen LogP contribution in [0.2, 0.25) is 0 Å². The number of aryl methyl sites for hydroxylation is 1. The van der Waals surface area contributed by atoms with Crippen molar-refractivity contribution in [3.63, 3.8) is 0 Å². The first kappa shape index (κ1) is 15.1. The summed E-state index contributed by atoms with van der Waals surface area (Å²) in [5.41, 5.74) is 5.71. The molecule has 2 aromatic heterocycles. The predicted octanol–water partition coefficient (Wildman–Crippen LogP) is 0.892. The maximum absolute atomic E-state index is 12.6. The van der Waals surface area contributed by atoms with Gasteiger partial charge in [0.25, 0.3) is 11.8 Å². The molecule has 0 spiro atoms. The zero-order valence-corrected chi connectivity index (χ0v) is 12.7. The maximum atomic E-state index is 12.6. The average Bonchev–Trinajstić information content (AvgIpc) is 3.01. The molecule has 3 rings (SSSR count). The third-order valence-corrected chi connectivity index (χ3v) is 3.86. The van der Waals surface area contributed by atoms with E-state index in [0.717, 1.165) is 12.8 Å². The Morgan fingerprint density at radius 2 is 2.22 bits per heavy atom. The molecule has 120 valence electrons. The van der Waals surface area contributed by atoms with Gasteiger partial charge in [-0.3, -0.25) is 14.6 Å². The van der Waals surface area contributed by atoms with Crippen molar-refractivity contribution >= 4 is 11.8 Å². The SMILES string of the molecule is Cc1noc([C@@H]2CCCN(C(=O)c3ccc(C(N)=O)nc3)C2)n1. The van der Waals surface area contributed by atoms with Crippen molar-refractivity contribution in [3.05, 3.63) is 41.3 Å². The summed E-state index contributed by atoms with van der Waals surface area (Å²) in [6.07, 6.45) is 3.15. The van der Waals surface area contributed by atoms with Gasteiger partial charge in [-0.2, -0.15) is 4.98 Å². The fraction of sp³-hybridized carbons (Fsp3) is 0.400. The quantitative estimate of drug-likeness (QED) is 0.899. The van der Waals surface area contributed by atoms with Crippen molar-refractivity contribution in [2.75, 3.05) is 13.1 Å². The summed E-state index contributed by atoms with van der Waals surface area (Å²) in [5.74, 6) is 0.465. The molecule has 2 N–H and O–H groups in total. The van der Waals surface area contributed by atoms with E-state index in [2.05, 4.69) is 15.1 Å². The van der Waals surface area contributed by atoms with Crippen molar-refractivity contribution in [3.8, 4) is 0 Å². The van der Waals surface area contributed by atoms with Crippen LogP contribution < -0.4 is 5.73 Å². The van der Waals surface area contributed by atoms with Crippen LogP contribution in [0.5, 0.6) is 0 Å². The van der Waals surface area contributed by atoms with Gasteiger partial charge in [0.05, 0.1) is 11.5 Å². The Labute approximate surface area is 132 Å². The number of pyridine rings is 1. The molecule has 23 heavy (non-hydrogen) atoms. The highest BCUT2D eigenvalue weighted by Crippen LogP contribution is 2.26. The molecule has 2 amide bonds. The second-order valence-corrected chi connectivity index (χ2v) is 5.57. The van der Waals surface area contributed by atoms with Gasteiger partial charge in [-0.05, 0) is 31.9 Å². The number of aromatic nitrogens is 3. The molecule has 1 atom stereocenters. The van der Waals surface area contributed by atoms with E-state index in [-0.39, 0.29) is 17.5 Å². The summed E-state index contributed by atoms with van der Waals surface area (Å²) < 4.78 is 5.22. The van der Waals surface area contributed by atoms with E-state index >= 15 is 0 Å². The lowest BCUT2D eigenvalue weighted by atomic mass is 9.97. The van der Waals surface area contributed by atoms with Gasteiger partial charge in [-0.25, -0.2) is 0 Å². The zero-order chi connectivity index (χ0) is 16.4. The van der Waals surface area contributed by atoms with E-state index in [1.165, 1.54) is 12.3 Å². The van der Waals surface area contributed by atoms with Crippen LogP contribution in [0.4, 0.5) is 0 Å². The van der Waals surface area contributed by atoms with Crippen LogP contribution in [0.1, 0.15) is 51.3 Å². The van der Waals surface area contributed by atoms with Crippen LogP contribution in [0.3, 0.4) is 0 Å². The van der Waals surface area contributed by atoms with Crippen molar-refractivity contribution in [1.29, 1.82) is 0 Å². The molecule has 0 bridgehead atoms. The summed E-state index contributed by atoms with van der Waals surface area (Å²) in [6.45, 7) is 2.96. The van der Waals surface area contributed by atoms with E-state index in [1.54, 1.807) is 17.9 Å². The summed E-state index contributed by atoms with van der Waals surface area (Å²) in [5, 5.41) is 3.80. The first-order chi connectivity index (χ1) is 11.0. The number of hydrogen-bond acceptors (Lipinski definition) is 6. The number of rotatable bonds is 3. The Kier molecular flexibility index (Phi) is 4.05. The molecule has 8 heteroatoms. The lowest BCUT2D eigenvalue weighted by Crippen LogP contribution is -2.39. The lowest BCUT2D eigenvalue weighted by molar-refractivity contribution is 0.0694. The molecule has 1 saturated heterocycles. The third-order valence-electron chi connectivity index (χ3n) is 3.86. The van der Waals surface area contributed by atoms with E-state index in [0.29, 0.717) is 30.4 Å². The third kappa shape index (κ3) is 3.20. The van der Waals surface area contributed by atoms with E-state index < -0.39 is 5.91 Å². The normalized spacial score (nSPS) is 18.0. The molecule has 1 fully saturated rings. The average molecular weight is 315 g/mol. The molecule has 3 heterocycles. The second kappa shape index (κ2) is 6.15. The van der Waals surface area contributed by atoms with Crippen molar-refractivity contribution in [2.45, 2.75) is 25.7 Å². The molecule has 8 nitrogen and oxygen atoms in total. The maximum Gasteiger partial charge on any atom is 0.267 e. The fourth-order valence-corrected chi connectivity index (χ4v) is 2.69. The Morgan fingerprint density at radius 3 is 2.83 bits per heavy atom. The number of hydrogen-bond donors (Lipinski definition) is 1. The number of primary amides is 1. The highest BCUT2D eigenvalue weighted by Gasteiger charge is 2.29. The smallest absolute Gasteiger partial charge is 0.267 e. The first-order valence-electron chi connectivity index (χ1n) is 7.40. The van der Waals surface area contributed by atoms with Gasteiger partial charge in [-0.1, -0.05) is 5.16 Å².